The van der Waals surface area contributed by atoms with Gasteiger partial charge in [0.2, 0.25) is 5.91 Å². The molecular weight excluding hydrogens is 246 g/mol. The van der Waals surface area contributed by atoms with Crippen LogP contribution in [-0.2, 0) is 4.79 Å². The predicted octanol–water partition coefficient (Wildman–Crippen LogP) is 4.24. The molecule has 2 nitrogen and oxygen atoms in total. The SMILES string of the molecule is CC1(C)C2CC[C@@]1(C)CN(C(=O)CC1CCCCC1)C2. The molecule has 3 rings (SSSR count). The van der Waals surface area contributed by atoms with Gasteiger partial charge in [-0.25, -0.2) is 0 Å². The summed E-state index contributed by atoms with van der Waals surface area (Å²) in [4.78, 5) is 14.9. The fraction of sp³-hybridized carbons (Fsp3) is 0.944. The average Bonchev–Trinajstić information content (AvgIpc) is 2.57. The number of hydrogen-bond donors (Lipinski definition) is 0. The summed E-state index contributed by atoms with van der Waals surface area (Å²) in [7, 11) is 0. The van der Waals surface area contributed by atoms with Crippen molar-refractivity contribution in [3.05, 3.63) is 0 Å². The van der Waals surface area contributed by atoms with Crippen LogP contribution >= 0.6 is 0 Å². The van der Waals surface area contributed by atoms with Gasteiger partial charge in [0.15, 0.2) is 0 Å². The smallest absolute Gasteiger partial charge is 0.222 e. The second-order valence-corrected chi connectivity index (χ2v) is 8.50. The number of likely N-dealkylation sites (tertiary alicyclic amines) is 1. The second kappa shape index (κ2) is 5.03. The number of hydrogen-bond acceptors (Lipinski definition) is 1. The van der Waals surface area contributed by atoms with Gasteiger partial charge < -0.3 is 4.90 Å². The summed E-state index contributed by atoms with van der Waals surface area (Å²) in [5.74, 6) is 1.85. The third kappa shape index (κ3) is 2.29. The molecule has 2 atom stereocenters. The maximum Gasteiger partial charge on any atom is 0.222 e. The minimum absolute atomic E-state index is 0.345. The van der Waals surface area contributed by atoms with Crippen molar-refractivity contribution in [1.82, 2.24) is 4.90 Å². The van der Waals surface area contributed by atoms with Gasteiger partial charge in [-0.05, 0) is 48.3 Å². The number of rotatable bonds is 2. The van der Waals surface area contributed by atoms with E-state index in [1.54, 1.807) is 0 Å². The van der Waals surface area contributed by atoms with Gasteiger partial charge in [-0.1, -0.05) is 40.0 Å². The predicted molar refractivity (Wildman–Crippen MR) is 82.4 cm³/mol. The lowest BCUT2D eigenvalue weighted by atomic mass is 9.63. The molecule has 114 valence electrons. The van der Waals surface area contributed by atoms with E-state index in [1.807, 2.05) is 0 Å². The fourth-order valence-electron chi connectivity index (χ4n) is 4.98. The Kier molecular flexibility index (Phi) is 3.63. The van der Waals surface area contributed by atoms with Crippen LogP contribution in [0.3, 0.4) is 0 Å². The molecule has 2 aliphatic carbocycles. The summed E-state index contributed by atoms with van der Waals surface area (Å²) >= 11 is 0. The highest BCUT2D eigenvalue weighted by atomic mass is 16.2. The standard InChI is InChI=1S/C18H31NO/c1-17(2)15-9-10-18(17,3)13-19(12-15)16(20)11-14-7-5-4-6-8-14/h14-15H,4-13H2,1-3H3/t15?,18-/m0/s1. The molecule has 1 saturated heterocycles. The molecule has 0 aromatic rings. The van der Waals surface area contributed by atoms with E-state index in [4.69, 9.17) is 0 Å². The number of carbonyl (C=O) groups is 1. The Morgan fingerprint density at radius 2 is 1.80 bits per heavy atom. The number of piperidine rings is 1. The lowest BCUT2D eigenvalue weighted by Crippen LogP contribution is -2.54. The topological polar surface area (TPSA) is 20.3 Å². The molecule has 2 bridgehead atoms. The van der Waals surface area contributed by atoms with E-state index in [0.717, 1.165) is 25.4 Å². The van der Waals surface area contributed by atoms with E-state index in [0.29, 0.717) is 22.7 Å². The fourth-order valence-corrected chi connectivity index (χ4v) is 4.98. The van der Waals surface area contributed by atoms with Crippen molar-refractivity contribution in [2.75, 3.05) is 13.1 Å². The van der Waals surface area contributed by atoms with Gasteiger partial charge in [-0.2, -0.15) is 0 Å². The van der Waals surface area contributed by atoms with E-state index >= 15 is 0 Å². The molecule has 3 fully saturated rings. The van der Waals surface area contributed by atoms with Gasteiger partial charge in [0, 0.05) is 19.5 Å². The zero-order valence-corrected chi connectivity index (χ0v) is 13.6. The van der Waals surface area contributed by atoms with Crippen LogP contribution in [0.5, 0.6) is 0 Å². The minimum atomic E-state index is 0.345. The molecule has 2 saturated carbocycles. The van der Waals surface area contributed by atoms with Crippen molar-refractivity contribution < 1.29 is 4.79 Å². The Bertz CT molecular complexity index is 383. The zero-order chi connectivity index (χ0) is 14.4. The van der Waals surface area contributed by atoms with Gasteiger partial charge in [0.1, 0.15) is 0 Å². The van der Waals surface area contributed by atoms with Crippen LogP contribution in [-0.4, -0.2) is 23.9 Å². The Labute approximate surface area is 124 Å². The van der Waals surface area contributed by atoms with Crippen LogP contribution in [0.4, 0.5) is 0 Å². The number of nitrogens with zero attached hydrogens (tertiary/aromatic N) is 1. The van der Waals surface area contributed by atoms with Gasteiger partial charge in [0.05, 0.1) is 0 Å². The molecule has 20 heavy (non-hydrogen) atoms. The first-order valence-electron chi connectivity index (χ1n) is 8.70. The number of carbonyl (C=O) groups excluding carboxylic acids is 1. The van der Waals surface area contributed by atoms with Crippen LogP contribution in [0.2, 0.25) is 0 Å². The summed E-state index contributed by atoms with van der Waals surface area (Å²) in [5.41, 5.74) is 0.757. The van der Waals surface area contributed by atoms with Crippen molar-refractivity contribution in [3.8, 4) is 0 Å². The molecule has 2 heteroatoms. The summed E-state index contributed by atoms with van der Waals surface area (Å²) in [6, 6.07) is 0. The third-order valence-electron chi connectivity index (χ3n) is 7.14. The quantitative estimate of drug-likeness (QED) is 0.739. The molecule has 0 aromatic heterocycles. The van der Waals surface area contributed by atoms with E-state index in [-0.39, 0.29) is 0 Å². The molecule has 1 amide bonds. The van der Waals surface area contributed by atoms with E-state index in [9.17, 15) is 4.79 Å². The van der Waals surface area contributed by atoms with Crippen LogP contribution in [0.15, 0.2) is 0 Å². The first-order valence-corrected chi connectivity index (χ1v) is 8.70. The highest BCUT2D eigenvalue weighted by molar-refractivity contribution is 5.76. The van der Waals surface area contributed by atoms with Crippen molar-refractivity contribution >= 4 is 5.91 Å². The summed E-state index contributed by atoms with van der Waals surface area (Å²) in [5, 5.41) is 0. The molecule has 1 heterocycles. The van der Waals surface area contributed by atoms with Crippen LogP contribution in [0.1, 0.15) is 72.1 Å². The molecule has 1 unspecified atom stereocenters. The van der Waals surface area contributed by atoms with Crippen molar-refractivity contribution in [3.63, 3.8) is 0 Å². The lowest BCUT2D eigenvalue weighted by molar-refractivity contribution is -0.140. The molecule has 3 aliphatic rings. The third-order valence-corrected chi connectivity index (χ3v) is 7.14. The summed E-state index contributed by atoms with van der Waals surface area (Å²) in [6.45, 7) is 9.28. The summed E-state index contributed by atoms with van der Waals surface area (Å²) < 4.78 is 0. The van der Waals surface area contributed by atoms with Crippen LogP contribution < -0.4 is 0 Å². The largest absolute Gasteiger partial charge is 0.342 e. The lowest BCUT2D eigenvalue weighted by Gasteiger charge is -2.50. The van der Waals surface area contributed by atoms with Gasteiger partial charge in [-0.15, -0.1) is 0 Å². The first kappa shape index (κ1) is 14.4. The van der Waals surface area contributed by atoms with E-state index in [1.165, 1.54) is 44.9 Å². The van der Waals surface area contributed by atoms with Crippen molar-refractivity contribution in [2.24, 2.45) is 22.7 Å². The molecule has 0 aromatic carbocycles. The Morgan fingerprint density at radius 1 is 1.10 bits per heavy atom. The Hall–Kier alpha value is -0.530. The molecule has 0 N–H and O–H groups in total. The summed E-state index contributed by atoms with van der Waals surface area (Å²) in [6.07, 6.45) is 10.1. The maximum atomic E-state index is 12.7. The Balaban J connectivity index is 1.63. The van der Waals surface area contributed by atoms with E-state index < -0.39 is 0 Å². The van der Waals surface area contributed by atoms with Gasteiger partial charge in [0.25, 0.3) is 0 Å². The highest BCUT2D eigenvalue weighted by Gasteiger charge is 2.56. The zero-order valence-electron chi connectivity index (χ0n) is 13.6. The Morgan fingerprint density at radius 3 is 2.45 bits per heavy atom. The van der Waals surface area contributed by atoms with Gasteiger partial charge in [-0.3, -0.25) is 4.79 Å². The molecule has 1 aliphatic heterocycles. The average molecular weight is 277 g/mol. The monoisotopic (exact) mass is 277 g/mol. The maximum absolute atomic E-state index is 12.7. The van der Waals surface area contributed by atoms with Crippen molar-refractivity contribution in [1.29, 1.82) is 0 Å². The molecule has 0 radical (unpaired) electrons. The molecule has 0 spiro atoms. The number of fused-ring (bicyclic) bond motifs is 2. The molecular formula is C18H31NO. The number of amides is 1. The highest BCUT2D eigenvalue weighted by Crippen LogP contribution is 2.59. The van der Waals surface area contributed by atoms with Crippen LogP contribution in [0.25, 0.3) is 0 Å². The second-order valence-electron chi connectivity index (χ2n) is 8.50. The minimum Gasteiger partial charge on any atom is -0.342 e. The van der Waals surface area contributed by atoms with Gasteiger partial charge >= 0.3 is 0 Å². The van der Waals surface area contributed by atoms with Crippen LogP contribution in [0, 0.1) is 22.7 Å². The first-order chi connectivity index (χ1) is 9.42. The van der Waals surface area contributed by atoms with Crippen molar-refractivity contribution in [2.45, 2.75) is 72.1 Å². The normalized spacial score (nSPS) is 37.1. The van der Waals surface area contributed by atoms with E-state index in [2.05, 4.69) is 25.7 Å².